The molecule has 0 radical (unpaired) electrons. The van der Waals surface area contributed by atoms with E-state index >= 15 is 0 Å². The average molecular weight is 256 g/mol. The number of nitrogens with two attached hydrogens (primary N) is 1. The van der Waals surface area contributed by atoms with Gasteiger partial charge in [0, 0.05) is 13.0 Å². The van der Waals surface area contributed by atoms with Crippen LogP contribution in [0.2, 0.25) is 0 Å². The van der Waals surface area contributed by atoms with Crippen LogP contribution in [0.3, 0.4) is 0 Å². The van der Waals surface area contributed by atoms with Gasteiger partial charge in [-0.3, -0.25) is 10.2 Å². The number of hydrogen-bond acceptors (Lipinski definition) is 5. The average Bonchev–Trinajstić information content (AvgIpc) is 2.69. The van der Waals surface area contributed by atoms with Crippen molar-refractivity contribution in [3.63, 3.8) is 0 Å². The minimum absolute atomic E-state index is 0.228. The lowest BCUT2D eigenvalue weighted by molar-refractivity contribution is 0.0956. The molecule has 1 aromatic heterocycles. The Labute approximate surface area is 106 Å². The molecular weight excluding hydrogens is 236 g/mol. The highest BCUT2D eigenvalue weighted by Crippen LogP contribution is 2.25. The Kier molecular flexibility index (Phi) is 5.04. The highest BCUT2D eigenvalue weighted by molar-refractivity contribution is 7.13. The fourth-order valence-electron chi connectivity index (χ4n) is 1.42. The topological polar surface area (TPSA) is 71.2 Å². The van der Waals surface area contributed by atoms with Gasteiger partial charge in [0.2, 0.25) is 0 Å². The number of nitrogens with one attached hydrogen (secondary N) is 1. The van der Waals surface area contributed by atoms with Crippen LogP contribution in [0.4, 0.5) is 0 Å². The summed E-state index contributed by atoms with van der Waals surface area (Å²) in [6.07, 6.45) is 0.856. The Balaban J connectivity index is 2.92. The molecule has 17 heavy (non-hydrogen) atoms. The molecule has 0 fully saturated rings. The zero-order valence-corrected chi connectivity index (χ0v) is 11.6. The van der Waals surface area contributed by atoms with Crippen LogP contribution >= 0.6 is 11.3 Å². The summed E-state index contributed by atoms with van der Waals surface area (Å²) in [5.74, 6) is 5.16. The predicted molar refractivity (Wildman–Crippen MR) is 70.1 cm³/mol. The van der Waals surface area contributed by atoms with Crippen LogP contribution in [-0.4, -0.2) is 36.4 Å². The molecule has 1 rings (SSSR count). The number of rotatable bonds is 5. The Morgan fingerprint density at radius 3 is 2.65 bits per heavy atom. The van der Waals surface area contributed by atoms with E-state index in [4.69, 9.17) is 5.84 Å². The van der Waals surface area contributed by atoms with E-state index in [2.05, 4.69) is 15.3 Å². The van der Waals surface area contributed by atoms with Crippen LogP contribution in [-0.2, 0) is 6.42 Å². The number of aromatic nitrogens is 1. The summed E-state index contributed by atoms with van der Waals surface area (Å²) in [5, 5.41) is 0.987. The third-order valence-corrected chi connectivity index (χ3v) is 3.48. The highest BCUT2D eigenvalue weighted by atomic mass is 32.1. The van der Waals surface area contributed by atoms with Gasteiger partial charge in [-0.15, -0.1) is 11.3 Å². The summed E-state index contributed by atoms with van der Waals surface area (Å²) in [6.45, 7) is 4.98. The normalized spacial score (nSPS) is 11.2. The Hall–Kier alpha value is -0.980. The summed E-state index contributed by atoms with van der Waals surface area (Å²) in [7, 11) is 4.04. The van der Waals surface area contributed by atoms with Crippen LogP contribution in [0.5, 0.6) is 0 Å². The van der Waals surface area contributed by atoms with Crippen LogP contribution in [0.15, 0.2) is 0 Å². The Morgan fingerprint density at radius 2 is 2.18 bits per heavy atom. The molecule has 0 atom stereocenters. The van der Waals surface area contributed by atoms with E-state index in [1.165, 1.54) is 11.3 Å². The SMILES string of the molecule is CC(C)c1nc(CCN(C)C)sc1C(=O)NN. The number of carbonyl (C=O) groups is 1. The van der Waals surface area contributed by atoms with Gasteiger partial charge in [0.25, 0.3) is 5.91 Å². The fraction of sp³-hybridized carbons (Fsp3) is 0.636. The molecule has 0 aliphatic carbocycles. The first-order valence-corrected chi connectivity index (χ1v) is 6.42. The summed E-state index contributed by atoms with van der Waals surface area (Å²) < 4.78 is 0. The third-order valence-electron chi connectivity index (χ3n) is 2.35. The lowest BCUT2D eigenvalue weighted by atomic mass is 10.1. The molecule has 0 saturated heterocycles. The standard InChI is InChI=1S/C11H20N4OS/c1-7(2)9-10(11(16)14-12)17-8(13-9)5-6-15(3)4/h7H,5-6,12H2,1-4H3,(H,14,16). The first-order valence-electron chi connectivity index (χ1n) is 5.61. The van der Waals surface area contributed by atoms with E-state index in [1.807, 2.05) is 27.9 Å². The number of nitrogens with zero attached hydrogens (tertiary/aromatic N) is 2. The van der Waals surface area contributed by atoms with E-state index in [9.17, 15) is 4.79 Å². The van der Waals surface area contributed by atoms with Crippen LogP contribution in [0, 0.1) is 0 Å². The van der Waals surface area contributed by atoms with Crippen molar-refractivity contribution in [3.05, 3.63) is 15.6 Å². The molecule has 0 aromatic carbocycles. The molecule has 5 nitrogen and oxygen atoms in total. The van der Waals surface area contributed by atoms with Crippen molar-refractivity contribution in [1.82, 2.24) is 15.3 Å². The number of hydrogen-bond donors (Lipinski definition) is 2. The van der Waals surface area contributed by atoms with E-state index in [0.29, 0.717) is 4.88 Å². The largest absolute Gasteiger partial charge is 0.309 e. The fourth-order valence-corrected chi connectivity index (χ4v) is 2.53. The number of amides is 1. The van der Waals surface area contributed by atoms with Crippen LogP contribution in [0.1, 0.15) is 40.1 Å². The van der Waals surface area contributed by atoms with Crippen molar-refractivity contribution < 1.29 is 4.79 Å². The summed E-state index contributed by atoms with van der Waals surface area (Å²) >= 11 is 1.43. The van der Waals surface area contributed by atoms with Crippen molar-refractivity contribution in [2.75, 3.05) is 20.6 Å². The molecule has 3 N–H and O–H groups in total. The van der Waals surface area contributed by atoms with Crippen molar-refractivity contribution in [3.8, 4) is 0 Å². The maximum Gasteiger partial charge on any atom is 0.277 e. The van der Waals surface area contributed by atoms with Gasteiger partial charge in [-0.1, -0.05) is 13.8 Å². The maximum absolute atomic E-state index is 11.6. The van der Waals surface area contributed by atoms with Crippen molar-refractivity contribution in [2.24, 2.45) is 5.84 Å². The minimum atomic E-state index is -0.248. The van der Waals surface area contributed by atoms with Gasteiger partial charge < -0.3 is 4.90 Å². The van der Waals surface area contributed by atoms with Gasteiger partial charge in [0.05, 0.1) is 10.7 Å². The van der Waals surface area contributed by atoms with Crippen molar-refractivity contribution in [2.45, 2.75) is 26.2 Å². The molecule has 0 bridgehead atoms. The molecule has 0 aliphatic heterocycles. The molecule has 96 valence electrons. The summed E-state index contributed by atoms with van der Waals surface area (Å²) in [4.78, 5) is 18.9. The number of likely N-dealkylation sites (N-methyl/N-ethyl adjacent to an activating group) is 1. The lowest BCUT2D eigenvalue weighted by Crippen LogP contribution is -2.30. The molecule has 0 saturated carbocycles. The summed E-state index contributed by atoms with van der Waals surface area (Å²) in [6, 6.07) is 0. The third kappa shape index (κ3) is 3.76. The Bertz CT molecular complexity index is 387. The number of thiazole rings is 1. The molecular formula is C11H20N4OS. The monoisotopic (exact) mass is 256 g/mol. The molecule has 1 heterocycles. The van der Waals surface area contributed by atoms with Gasteiger partial charge >= 0.3 is 0 Å². The smallest absolute Gasteiger partial charge is 0.277 e. The molecule has 0 spiro atoms. The quantitative estimate of drug-likeness (QED) is 0.468. The predicted octanol–water partition coefficient (Wildman–Crippen LogP) is 0.974. The van der Waals surface area contributed by atoms with E-state index < -0.39 is 0 Å². The van der Waals surface area contributed by atoms with Gasteiger partial charge in [-0.2, -0.15) is 0 Å². The van der Waals surface area contributed by atoms with E-state index in [-0.39, 0.29) is 11.8 Å². The van der Waals surface area contributed by atoms with Crippen molar-refractivity contribution in [1.29, 1.82) is 0 Å². The van der Waals surface area contributed by atoms with E-state index in [0.717, 1.165) is 23.7 Å². The van der Waals surface area contributed by atoms with Gasteiger partial charge in [0.15, 0.2) is 0 Å². The summed E-state index contributed by atoms with van der Waals surface area (Å²) in [5.41, 5.74) is 3.02. The second-order valence-electron chi connectivity index (χ2n) is 4.50. The zero-order chi connectivity index (χ0) is 13.0. The van der Waals surface area contributed by atoms with Gasteiger partial charge in [-0.05, 0) is 20.0 Å². The van der Waals surface area contributed by atoms with Crippen LogP contribution in [0.25, 0.3) is 0 Å². The van der Waals surface area contributed by atoms with Gasteiger partial charge in [-0.25, -0.2) is 10.8 Å². The second-order valence-corrected chi connectivity index (χ2v) is 5.59. The molecule has 6 heteroatoms. The Morgan fingerprint density at radius 1 is 1.53 bits per heavy atom. The first kappa shape index (κ1) is 14.1. The lowest BCUT2D eigenvalue weighted by Gasteiger charge is -2.06. The number of hydrazine groups is 1. The van der Waals surface area contributed by atoms with Gasteiger partial charge in [0.1, 0.15) is 4.88 Å². The zero-order valence-electron chi connectivity index (χ0n) is 10.8. The highest BCUT2D eigenvalue weighted by Gasteiger charge is 2.19. The maximum atomic E-state index is 11.6. The molecule has 1 amide bonds. The molecule has 0 aliphatic rings. The number of nitrogen functional groups attached to an aromatic ring is 1. The van der Waals surface area contributed by atoms with E-state index in [1.54, 1.807) is 0 Å². The molecule has 1 aromatic rings. The first-order chi connectivity index (χ1) is 7.95. The molecule has 0 unspecified atom stereocenters. The number of carbonyl (C=O) groups excluding carboxylic acids is 1. The van der Waals surface area contributed by atoms with Crippen molar-refractivity contribution >= 4 is 17.2 Å². The second kappa shape index (κ2) is 6.09. The van der Waals surface area contributed by atoms with Crippen LogP contribution < -0.4 is 11.3 Å². The minimum Gasteiger partial charge on any atom is -0.309 e.